The van der Waals surface area contributed by atoms with Crippen molar-refractivity contribution in [2.45, 2.75) is 38.1 Å². The van der Waals surface area contributed by atoms with Gasteiger partial charge in [-0.15, -0.1) is 0 Å². The van der Waals surface area contributed by atoms with Gasteiger partial charge in [-0.05, 0) is 47.7 Å². The summed E-state index contributed by atoms with van der Waals surface area (Å²) in [5.41, 5.74) is 2.75. The monoisotopic (exact) mass is 448 g/mol. The number of nitrogens with one attached hydrogen (secondary N) is 3. The lowest BCUT2D eigenvalue weighted by Crippen LogP contribution is -2.44. The molecule has 2 aromatic rings. The van der Waals surface area contributed by atoms with E-state index >= 15 is 0 Å². The fourth-order valence-corrected chi connectivity index (χ4v) is 4.33. The van der Waals surface area contributed by atoms with Crippen LogP contribution in [0.15, 0.2) is 36.4 Å². The quantitative estimate of drug-likeness (QED) is 0.579. The topological polar surface area (TPSA) is 76.6 Å². The van der Waals surface area contributed by atoms with E-state index in [4.69, 9.17) is 0 Å². The number of piperazine rings is 1. The highest BCUT2D eigenvalue weighted by Gasteiger charge is 2.35. The van der Waals surface area contributed by atoms with E-state index in [0.717, 1.165) is 23.6 Å². The van der Waals surface area contributed by atoms with Crippen molar-refractivity contribution < 1.29 is 23.1 Å². The molecule has 2 amide bonds. The smallest absolute Gasteiger partial charge is 0.393 e. The number of rotatable bonds is 4. The molecule has 0 saturated carbocycles. The van der Waals surface area contributed by atoms with Crippen molar-refractivity contribution in [1.29, 1.82) is 0 Å². The number of aliphatic hydroxyl groups excluding tert-OH is 1. The fourth-order valence-electron chi connectivity index (χ4n) is 4.33. The van der Waals surface area contributed by atoms with Gasteiger partial charge in [0.15, 0.2) is 0 Å². The summed E-state index contributed by atoms with van der Waals surface area (Å²) in [7, 11) is 0. The van der Waals surface area contributed by atoms with Crippen molar-refractivity contribution in [3.63, 3.8) is 0 Å². The van der Waals surface area contributed by atoms with Crippen LogP contribution in [-0.4, -0.2) is 43.4 Å². The van der Waals surface area contributed by atoms with Crippen LogP contribution in [0.5, 0.6) is 0 Å². The number of halogens is 3. The van der Waals surface area contributed by atoms with E-state index in [0.29, 0.717) is 50.3 Å². The van der Waals surface area contributed by atoms with Crippen LogP contribution >= 0.6 is 0 Å². The van der Waals surface area contributed by atoms with Crippen molar-refractivity contribution in [1.82, 2.24) is 10.6 Å². The van der Waals surface area contributed by atoms with Crippen molar-refractivity contribution in [3.8, 4) is 0 Å². The van der Waals surface area contributed by atoms with Gasteiger partial charge in [0.1, 0.15) is 0 Å². The number of amides is 2. The molecule has 4 N–H and O–H groups in total. The molecule has 2 aliphatic rings. The highest BCUT2D eigenvalue weighted by Crippen LogP contribution is 2.37. The van der Waals surface area contributed by atoms with Crippen molar-refractivity contribution in [2.24, 2.45) is 0 Å². The summed E-state index contributed by atoms with van der Waals surface area (Å²) in [4.78, 5) is 14.2. The van der Waals surface area contributed by atoms with E-state index in [1.165, 1.54) is 12.1 Å². The van der Waals surface area contributed by atoms with Gasteiger partial charge in [-0.25, -0.2) is 4.79 Å². The predicted octanol–water partition coefficient (Wildman–Crippen LogP) is 3.29. The van der Waals surface area contributed by atoms with Gasteiger partial charge in [0.25, 0.3) is 0 Å². The maximum atomic E-state index is 13.5. The number of fused-ring (bicyclic) bond motifs is 1. The summed E-state index contributed by atoms with van der Waals surface area (Å²) in [6.45, 7) is 2.33. The van der Waals surface area contributed by atoms with Crippen LogP contribution in [-0.2, 0) is 25.6 Å². The average Bonchev–Trinajstić information content (AvgIpc) is 2.78. The summed E-state index contributed by atoms with van der Waals surface area (Å²) in [5, 5.41) is 18.6. The molecule has 1 heterocycles. The van der Waals surface area contributed by atoms with Crippen LogP contribution in [0.1, 0.15) is 28.7 Å². The Balaban J connectivity index is 1.45. The van der Waals surface area contributed by atoms with E-state index in [9.17, 15) is 23.1 Å². The SMILES string of the molecule is O=C(NCc1ccc(C(F)(F)F)c(N2CCNCC2)c1)Nc1cccc2c1CC(O)CC2. The molecule has 1 aliphatic carbocycles. The first-order valence-corrected chi connectivity index (χ1v) is 10.8. The van der Waals surface area contributed by atoms with Gasteiger partial charge < -0.3 is 26.0 Å². The number of carbonyl (C=O) groups excluding carboxylic acids is 1. The summed E-state index contributed by atoms with van der Waals surface area (Å²) in [6.07, 6.45) is -2.93. The molecular formula is C23H27F3N4O2. The fraction of sp³-hybridized carbons (Fsp3) is 0.435. The Morgan fingerprint density at radius 3 is 2.72 bits per heavy atom. The molecule has 1 atom stereocenters. The lowest BCUT2D eigenvalue weighted by molar-refractivity contribution is -0.137. The maximum Gasteiger partial charge on any atom is 0.418 e. The molecule has 2 aromatic carbocycles. The molecule has 32 heavy (non-hydrogen) atoms. The molecule has 1 fully saturated rings. The Labute approximate surface area is 184 Å². The molecular weight excluding hydrogens is 421 g/mol. The number of carbonyl (C=O) groups is 1. The number of anilines is 2. The molecule has 0 radical (unpaired) electrons. The molecule has 1 saturated heterocycles. The number of benzene rings is 2. The van der Waals surface area contributed by atoms with E-state index in [1.807, 2.05) is 12.1 Å². The summed E-state index contributed by atoms with van der Waals surface area (Å²) in [5.74, 6) is 0. The molecule has 1 aliphatic heterocycles. The second-order valence-corrected chi connectivity index (χ2v) is 8.23. The Morgan fingerprint density at radius 2 is 1.97 bits per heavy atom. The Morgan fingerprint density at radius 1 is 1.19 bits per heavy atom. The first-order valence-electron chi connectivity index (χ1n) is 10.8. The zero-order valence-corrected chi connectivity index (χ0v) is 17.6. The zero-order valence-electron chi connectivity index (χ0n) is 17.6. The molecule has 6 nitrogen and oxygen atoms in total. The minimum atomic E-state index is -4.44. The largest absolute Gasteiger partial charge is 0.418 e. The molecule has 0 aromatic heterocycles. The van der Waals surface area contributed by atoms with Crippen LogP contribution in [0, 0.1) is 0 Å². The number of urea groups is 1. The van der Waals surface area contributed by atoms with Crippen LogP contribution in [0.4, 0.5) is 29.3 Å². The summed E-state index contributed by atoms with van der Waals surface area (Å²) >= 11 is 0. The minimum Gasteiger partial charge on any atom is -0.393 e. The molecule has 0 bridgehead atoms. The van der Waals surface area contributed by atoms with Gasteiger partial charge in [0.05, 0.1) is 11.7 Å². The lowest BCUT2D eigenvalue weighted by atomic mass is 9.88. The van der Waals surface area contributed by atoms with E-state index in [2.05, 4.69) is 16.0 Å². The van der Waals surface area contributed by atoms with Crippen LogP contribution < -0.4 is 20.9 Å². The zero-order chi connectivity index (χ0) is 22.7. The van der Waals surface area contributed by atoms with Crippen LogP contribution in [0.25, 0.3) is 0 Å². The van der Waals surface area contributed by atoms with Crippen molar-refractivity contribution >= 4 is 17.4 Å². The Hall–Kier alpha value is -2.78. The minimum absolute atomic E-state index is 0.0979. The highest BCUT2D eigenvalue weighted by molar-refractivity contribution is 5.90. The molecule has 1 unspecified atom stereocenters. The summed E-state index contributed by atoms with van der Waals surface area (Å²) in [6, 6.07) is 9.19. The predicted molar refractivity (Wildman–Crippen MR) is 117 cm³/mol. The molecule has 172 valence electrons. The number of hydrogen-bond donors (Lipinski definition) is 4. The maximum absolute atomic E-state index is 13.5. The number of aliphatic hydroxyl groups is 1. The van der Waals surface area contributed by atoms with Crippen LogP contribution in [0.2, 0.25) is 0 Å². The van der Waals surface area contributed by atoms with Gasteiger partial charge in [0.2, 0.25) is 0 Å². The third-order valence-electron chi connectivity index (χ3n) is 5.99. The molecule has 0 spiro atoms. The van der Waals surface area contributed by atoms with Crippen LogP contribution in [0.3, 0.4) is 0 Å². The van der Waals surface area contributed by atoms with E-state index in [1.54, 1.807) is 11.0 Å². The van der Waals surface area contributed by atoms with Gasteiger partial charge in [-0.1, -0.05) is 18.2 Å². The average molecular weight is 448 g/mol. The molecule has 4 rings (SSSR count). The number of alkyl halides is 3. The first kappa shape index (κ1) is 22.4. The number of nitrogens with zero attached hydrogens (tertiary/aromatic N) is 1. The second kappa shape index (κ2) is 9.38. The van der Waals surface area contributed by atoms with E-state index < -0.39 is 23.9 Å². The van der Waals surface area contributed by atoms with Gasteiger partial charge in [0, 0.05) is 50.5 Å². The molecule has 9 heteroatoms. The Kier molecular flexibility index (Phi) is 6.57. The second-order valence-electron chi connectivity index (χ2n) is 8.23. The lowest BCUT2D eigenvalue weighted by Gasteiger charge is -2.32. The van der Waals surface area contributed by atoms with Gasteiger partial charge >= 0.3 is 12.2 Å². The Bertz CT molecular complexity index is 974. The van der Waals surface area contributed by atoms with Crippen molar-refractivity contribution in [3.05, 3.63) is 58.7 Å². The highest BCUT2D eigenvalue weighted by atomic mass is 19.4. The third-order valence-corrected chi connectivity index (χ3v) is 5.99. The first-order chi connectivity index (χ1) is 15.3. The third kappa shape index (κ3) is 5.16. The standard InChI is InChI=1S/C23H27F3N4O2/c24-23(25,26)19-7-4-15(12-21(19)30-10-8-27-9-11-30)14-28-22(32)29-20-3-1-2-16-5-6-17(31)13-18(16)20/h1-4,7,12,17,27,31H,5-6,8-11,13-14H2,(H2,28,29,32). The van der Waals surface area contributed by atoms with Gasteiger partial charge in [-0.2, -0.15) is 13.2 Å². The van der Waals surface area contributed by atoms with E-state index in [-0.39, 0.29) is 12.2 Å². The van der Waals surface area contributed by atoms with Crippen molar-refractivity contribution in [2.75, 3.05) is 36.4 Å². The van der Waals surface area contributed by atoms with Gasteiger partial charge in [-0.3, -0.25) is 0 Å². The summed E-state index contributed by atoms with van der Waals surface area (Å²) < 4.78 is 40.6. The number of hydrogen-bond acceptors (Lipinski definition) is 4. The normalized spacial score (nSPS) is 18.8. The number of aryl methyl sites for hydroxylation is 1.